The van der Waals surface area contributed by atoms with Crippen molar-refractivity contribution in [1.29, 1.82) is 0 Å². The number of carbonyl (C=O) groups is 2. The number of aryl methyl sites for hydroxylation is 1. The molecule has 0 saturated carbocycles. The van der Waals surface area contributed by atoms with Gasteiger partial charge in [0.1, 0.15) is 5.92 Å². The Morgan fingerprint density at radius 1 is 1.03 bits per heavy atom. The Hall–Kier alpha value is -2.37. The van der Waals surface area contributed by atoms with Crippen LogP contribution in [0.1, 0.15) is 17.5 Å². The van der Waals surface area contributed by atoms with E-state index in [0.29, 0.717) is 36.8 Å². The Labute approximate surface area is 176 Å². The summed E-state index contributed by atoms with van der Waals surface area (Å²) in [5, 5.41) is 0.556. The number of anilines is 1. The third kappa shape index (κ3) is 4.31. The molecule has 0 spiro atoms. The minimum absolute atomic E-state index is 0.0416. The van der Waals surface area contributed by atoms with Gasteiger partial charge in [0.15, 0.2) is 0 Å². The first kappa shape index (κ1) is 19.9. The maximum absolute atomic E-state index is 13.0. The molecule has 0 aliphatic carbocycles. The molecule has 2 heterocycles. The molecule has 1 unspecified atom stereocenters. The topological polar surface area (TPSA) is 43.9 Å². The molecule has 1 atom stereocenters. The standard InChI is InChI=1S/C23H26ClN3O2/c1-17-7-8-21(20(24)15-17)27-10-9-19(23(27)29)22(28)26-13-11-25(12-14-26)16-18-5-3-2-4-6-18/h2-8,15,19H,9-14,16H2,1H3. The maximum Gasteiger partial charge on any atom is 0.239 e. The molecule has 2 aromatic rings. The molecular weight excluding hydrogens is 386 g/mol. The first-order chi connectivity index (χ1) is 14.0. The van der Waals surface area contributed by atoms with Crippen LogP contribution in [0.2, 0.25) is 5.02 Å². The second-order valence-corrected chi connectivity index (χ2v) is 8.28. The second-order valence-electron chi connectivity index (χ2n) is 7.87. The average Bonchev–Trinajstić information content (AvgIpc) is 3.10. The SMILES string of the molecule is Cc1ccc(N2CCC(C(=O)N3CCN(Cc4ccccc4)CC3)C2=O)c(Cl)c1. The van der Waals surface area contributed by atoms with Crippen molar-refractivity contribution < 1.29 is 9.59 Å². The minimum Gasteiger partial charge on any atom is -0.339 e. The molecule has 2 fully saturated rings. The molecule has 2 aliphatic rings. The van der Waals surface area contributed by atoms with Crippen molar-refractivity contribution in [3.8, 4) is 0 Å². The van der Waals surface area contributed by atoms with Crippen LogP contribution in [0.4, 0.5) is 5.69 Å². The average molecular weight is 412 g/mol. The van der Waals surface area contributed by atoms with E-state index >= 15 is 0 Å². The lowest BCUT2D eigenvalue weighted by atomic mass is 10.1. The Morgan fingerprint density at radius 3 is 2.45 bits per heavy atom. The number of rotatable bonds is 4. The van der Waals surface area contributed by atoms with Crippen molar-refractivity contribution in [2.45, 2.75) is 19.9 Å². The minimum atomic E-state index is -0.590. The summed E-state index contributed by atoms with van der Waals surface area (Å²) in [7, 11) is 0. The highest BCUT2D eigenvalue weighted by molar-refractivity contribution is 6.34. The van der Waals surface area contributed by atoms with E-state index in [4.69, 9.17) is 11.6 Å². The van der Waals surface area contributed by atoms with E-state index in [2.05, 4.69) is 17.0 Å². The monoisotopic (exact) mass is 411 g/mol. The summed E-state index contributed by atoms with van der Waals surface area (Å²) in [6, 6.07) is 16.0. The fraction of sp³-hybridized carbons (Fsp3) is 0.391. The molecule has 29 heavy (non-hydrogen) atoms. The van der Waals surface area contributed by atoms with Gasteiger partial charge >= 0.3 is 0 Å². The van der Waals surface area contributed by atoms with E-state index in [1.807, 2.05) is 48.2 Å². The third-order valence-electron chi connectivity index (χ3n) is 5.83. The molecule has 4 rings (SSSR count). The third-order valence-corrected chi connectivity index (χ3v) is 6.13. The first-order valence-electron chi connectivity index (χ1n) is 10.2. The van der Waals surface area contributed by atoms with Crippen LogP contribution in [0.5, 0.6) is 0 Å². The van der Waals surface area contributed by atoms with Crippen LogP contribution in [-0.2, 0) is 16.1 Å². The summed E-state index contributed by atoms with van der Waals surface area (Å²) >= 11 is 6.34. The van der Waals surface area contributed by atoms with Gasteiger partial charge in [-0.2, -0.15) is 0 Å². The van der Waals surface area contributed by atoms with Crippen molar-refractivity contribution in [1.82, 2.24) is 9.80 Å². The van der Waals surface area contributed by atoms with Crippen molar-refractivity contribution in [3.05, 3.63) is 64.7 Å². The second kappa shape index (κ2) is 8.56. The highest BCUT2D eigenvalue weighted by Crippen LogP contribution is 2.32. The van der Waals surface area contributed by atoms with Gasteiger partial charge in [-0.05, 0) is 36.6 Å². The number of amides is 2. The molecule has 2 amide bonds. The molecule has 2 aromatic carbocycles. The maximum atomic E-state index is 13.0. The molecule has 0 N–H and O–H groups in total. The van der Waals surface area contributed by atoms with Crippen molar-refractivity contribution in [3.63, 3.8) is 0 Å². The summed E-state index contributed by atoms with van der Waals surface area (Å²) < 4.78 is 0. The molecule has 2 aliphatic heterocycles. The van der Waals surface area contributed by atoms with Crippen LogP contribution in [0.3, 0.4) is 0 Å². The van der Waals surface area contributed by atoms with Crippen LogP contribution in [-0.4, -0.2) is 54.3 Å². The fourth-order valence-electron chi connectivity index (χ4n) is 4.17. The van der Waals surface area contributed by atoms with Gasteiger partial charge in [0, 0.05) is 39.3 Å². The zero-order valence-corrected chi connectivity index (χ0v) is 17.4. The summed E-state index contributed by atoms with van der Waals surface area (Å²) in [6.45, 7) is 6.38. The van der Waals surface area contributed by atoms with Gasteiger partial charge in [0.2, 0.25) is 11.8 Å². The van der Waals surface area contributed by atoms with Crippen molar-refractivity contribution >= 4 is 29.1 Å². The van der Waals surface area contributed by atoms with Crippen LogP contribution >= 0.6 is 11.6 Å². The smallest absolute Gasteiger partial charge is 0.239 e. The largest absolute Gasteiger partial charge is 0.339 e. The van der Waals surface area contributed by atoms with Crippen LogP contribution in [0.25, 0.3) is 0 Å². The number of benzene rings is 2. The van der Waals surface area contributed by atoms with Gasteiger partial charge in [-0.15, -0.1) is 0 Å². The zero-order chi connectivity index (χ0) is 20.4. The molecule has 152 valence electrons. The number of hydrogen-bond acceptors (Lipinski definition) is 3. The van der Waals surface area contributed by atoms with E-state index in [0.717, 1.165) is 25.2 Å². The zero-order valence-electron chi connectivity index (χ0n) is 16.7. The number of carbonyl (C=O) groups excluding carboxylic acids is 2. The van der Waals surface area contributed by atoms with Gasteiger partial charge in [0.25, 0.3) is 0 Å². The van der Waals surface area contributed by atoms with Gasteiger partial charge < -0.3 is 9.80 Å². The highest BCUT2D eigenvalue weighted by atomic mass is 35.5. The van der Waals surface area contributed by atoms with Gasteiger partial charge in [-0.25, -0.2) is 0 Å². The molecular formula is C23H26ClN3O2. The molecule has 0 bridgehead atoms. The van der Waals surface area contributed by atoms with E-state index in [1.54, 1.807) is 4.90 Å². The van der Waals surface area contributed by atoms with E-state index < -0.39 is 5.92 Å². The normalized spacial score (nSPS) is 20.3. The summed E-state index contributed by atoms with van der Waals surface area (Å²) in [6.07, 6.45) is 0.548. The summed E-state index contributed by atoms with van der Waals surface area (Å²) in [5.41, 5.74) is 3.03. The number of halogens is 1. The number of nitrogens with zero attached hydrogens (tertiary/aromatic N) is 3. The van der Waals surface area contributed by atoms with E-state index in [-0.39, 0.29) is 11.8 Å². The van der Waals surface area contributed by atoms with Gasteiger partial charge in [-0.3, -0.25) is 14.5 Å². The predicted molar refractivity (Wildman–Crippen MR) is 115 cm³/mol. The Morgan fingerprint density at radius 2 is 1.76 bits per heavy atom. The molecule has 6 heteroatoms. The van der Waals surface area contributed by atoms with Gasteiger partial charge in [0.05, 0.1) is 10.7 Å². The lowest BCUT2D eigenvalue weighted by Crippen LogP contribution is -2.51. The predicted octanol–water partition coefficient (Wildman–Crippen LogP) is 3.35. The molecule has 0 radical (unpaired) electrons. The Balaban J connectivity index is 1.35. The lowest BCUT2D eigenvalue weighted by molar-refractivity contribution is -0.141. The number of hydrogen-bond donors (Lipinski definition) is 0. The van der Waals surface area contributed by atoms with E-state index in [1.165, 1.54) is 5.56 Å². The Kier molecular flexibility index (Phi) is 5.88. The summed E-state index contributed by atoms with van der Waals surface area (Å²) in [4.78, 5) is 31.8. The number of piperazine rings is 1. The van der Waals surface area contributed by atoms with Gasteiger partial charge in [-0.1, -0.05) is 48.0 Å². The van der Waals surface area contributed by atoms with Crippen LogP contribution in [0, 0.1) is 12.8 Å². The van der Waals surface area contributed by atoms with E-state index in [9.17, 15) is 9.59 Å². The van der Waals surface area contributed by atoms with Crippen molar-refractivity contribution in [2.75, 3.05) is 37.6 Å². The quantitative estimate of drug-likeness (QED) is 0.725. The first-order valence-corrected chi connectivity index (χ1v) is 10.5. The summed E-state index contributed by atoms with van der Waals surface area (Å²) in [5.74, 6) is -0.763. The Bertz CT molecular complexity index is 894. The lowest BCUT2D eigenvalue weighted by Gasteiger charge is -2.35. The molecule has 0 aromatic heterocycles. The van der Waals surface area contributed by atoms with Crippen LogP contribution < -0.4 is 4.90 Å². The molecule has 2 saturated heterocycles. The van der Waals surface area contributed by atoms with Crippen LogP contribution in [0.15, 0.2) is 48.5 Å². The van der Waals surface area contributed by atoms with Crippen molar-refractivity contribution in [2.24, 2.45) is 5.92 Å². The highest BCUT2D eigenvalue weighted by Gasteiger charge is 2.40. The fourth-order valence-corrected chi connectivity index (χ4v) is 4.50. The molecule has 5 nitrogen and oxygen atoms in total.